The summed E-state index contributed by atoms with van der Waals surface area (Å²) in [6.07, 6.45) is 89.2. The molecule has 2 atom stereocenters. The van der Waals surface area contributed by atoms with E-state index in [0.717, 1.165) is 51.4 Å². The summed E-state index contributed by atoms with van der Waals surface area (Å²) < 4.78 is 5.49. The zero-order valence-electron chi connectivity index (χ0n) is 54.1. The summed E-state index contributed by atoms with van der Waals surface area (Å²) in [5, 5.41) is 23.3. The van der Waals surface area contributed by atoms with Crippen LogP contribution in [0.2, 0.25) is 0 Å². The highest BCUT2D eigenvalue weighted by atomic mass is 16.5. The Balaban J connectivity index is 3.37. The molecule has 0 aliphatic heterocycles. The molecular weight excluding hydrogens is 983 g/mol. The van der Waals surface area contributed by atoms with E-state index in [4.69, 9.17) is 4.74 Å². The fourth-order valence-corrected chi connectivity index (χ4v) is 11.4. The van der Waals surface area contributed by atoms with E-state index in [-0.39, 0.29) is 18.5 Å². The topological polar surface area (TPSA) is 95.9 Å². The summed E-state index contributed by atoms with van der Waals surface area (Å²) in [4.78, 5) is 24.6. The van der Waals surface area contributed by atoms with Crippen LogP contribution in [0.25, 0.3) is 0 Å². The van der Waals surface area contributed by atoms with E-state index >= 15 is 0 Å². The maximum absolute atomic E-state index is 12.5. The molecule has 0 aliphatic carbocycles. The minimum atomic E-state index is -0.663. The lowest BCUT2D eigenvalue weighted by Crippen LogP contribution is -2.45. The van der Waals surface area contributed by atoms with Crippen LogP contribution in [-0.4, -0.2) is 47.4 Å². The molecule has 0 fully saturated rings. The third-order valence-electron chi connectivity index (χ3n) is 16.9. The molecule has 0 radical (unpaired) electrons. The molecule has 0 aromatic carbocycles. The van der Waals surface area contributed by atoms with Gasteiger partial charge in [0.2, 0.25) is 5.91 Å². The number of unbranched alkanes of at least 4 members (excludes halogenated alkanes) is 51. The number of nitrogens with one attached hydrogen (secondary N) is 1. The van der Waals surface area contributed by atoms with Gasteiger partial charge in [-0.1, -0.05) is 339 Å². The van der Waals surface area contributed by atoms with Crippen molar-refractivity contribution in [2.75, 3.05) is 13.2 Å². The standard InChI is InChI=1S/C74H141NO5/c1-3-5-7-9-11-13-15-17-19-40-44-48-52-56-60-64-68-74(79)80-69-65-61-57-53-49-45-41-38-36-34-32-30-28-26-24-22-20-21-23-25-27-29-31-33-35-37-39-43-47-51-55-59-63-67-73(78)75-71(70-76)72(77)66-62-58-54-50-46-42-18-16-14-12-10-8-6-4-2/h19,24,26,30,32,40,71-72,76-77H,3-18,20-23,25,27-29,31,33-39,41-70H2,1-2H3,(H,75,78)/b26-24-,32-30-,40-19-. The first-order valence-corrected chi connectivity index (χ1v) is 36.2. The maximum Gasteiger partial charge on any atom is 0.305 e. The number of amides is 1. The van der Waals surface area contributed by atoms with Gasteiger partial charge in [0, 0.05) is 12.8 Å². The molecule has 0 rings (SSSR count). The largest absolute Gasteiger partial charge is 0.466 e. The van der Waals surface area contributed by atoms with Crippen molar-refractivity contribution in [3.8, 4) is 0 Å². The number of aliphatic hydroxyl groups is 2. The number of aliphatic hydroxyl groups excluding tert-OH is 2. The van der Waals surface area contributed by atoms with Crippen LogP contribution in [0.5, 0.6) is 0 Å². The molecule has 472 valence electrons. The first kappa shape index (κ1) is 78.1. The van der Waals surface area contributed by atoms with Crippen LogP contribution in [0.3, 0.4) is 0 Å². The van der Waals surface area contributed by atoms with Crippen LogP contribution < -0.4 is 5.32 Å². The van der Waals surface area contributed by atoms with Gasteiger partial charge in [0.15, 0.2) is 0 Å². The minimum Gasteiger partial charge on any atom is -0.466 e. The predicted octanol–water partition coefficient (Wildman–Crippen LogP) is 23.5. The third-order valence-corrected chi connectivity index (χ3v) is 16.9. The van der Waals surface area contributed by atoms with Crippen molar-refractivity contribution in [2.45, 2.75) is 411 Å². The van der Waals surface area contributed by atoms with E-state index < -0.39 is 12.1 Å². The Morgan fingerprint density at radius 1 is 0.350 bits per heavy atom. The Morgan fingerprint density at radius 3 is 0.963 bits per heavy atom. The van der Waals surface area contributed by atoms with Gasteiger partial charge in [0.05, 0.1) is 25.4 Å². The highest BCUT2D eigenvalue weighted by Crippen LogP contribution is 2.19. The second-order valence-corrected chi connectivity index (χ2v) is 24.9. The number of allylic oxidation sites excluding steroid dienone is 6. The first-order valence-electron chi connectivity index (χ1n) is 36.2. The van der Waals surface area contributed by atoms with Gasteiger partial charge in [-0.05, 0) is 83.5 Å². The summed E-state index contributed by atoms with van der Waals surface area (Å²) in [7, 11) is 0. The highest BCUT2D eigenvalue weighted by molar-refractivity contribution is 5.76. The first-order chi connectivity index (χ1) is 39.5. The van der Waals surface area contributed by atoms with Crippen molar-refractivity contribution < 1.29 is 24.5 Å². The van der Waals surface area contributed by atoms with Crippen LogP contribution >= 0.6 is 0 Å². The molecule has 3 N–H and O–H groups in total. The average molecular weight is 1120 g/mol. The zero-order chi connectivity index (χ0) is 57.8. The average Bonchev–Trinajstić information content (AvgIpc) is 3.46. The number of esters is 1. The van der Waals surface area contributed by atoms with E-state index in [1.54, 1.807) is 0 Å². The monoisotopic (exact) mass is 1120 g/mol. The summed E-state index contributed by atoms with van der Waals surface area (Å²) in [5.74, 6) is -0.0237. The normalized spacial score (nSPS) is 12.7. The van der Waals surface area contributed by atoms with Crippen LogP contribution in [-0.2, 0) is 14.3 Å². The number of rotatable bonds is 68. The molecule has 6 heteroatoms. The van der Waals surface area contributed by atoms with E-state index in [0.29, 0.717) is 25.9 Å². The molecule has 80 heavy (non-hydrogen) atoms. The summed E-state index contributed by atoms with van der Waals surface area (Å²) in [6, 6.07) is -0.540. The lowest BCUT2D eigenvalue weighted by atomic mass is 10.0. The second-order valence-electron chi connectivity index (χ2n) is 24.9. The van der Waals surface area contributed by atoms with Crippen molar-refractivity contribution in [1.29, 1.82) is 0 Å². The molecule has 1 amide bonds. The lowest BCUT2D eigenvalue weighted by Gasteiger charge is -2.22. The molecule has 0 aromatic heterocycles. The number of hydrogen-bond donors (Lipinski definition) is 3. The van der Waals surface area contributed by atoms with Crippen molar-refractivity contribution in [2.24, 2.45) is 0 Å². The van der Waals surface area contributed by atoms with E-state index in [1.807, 2.05) is 0 Å². The van der Waals surface area contributed by atoms with Gasteiger partial charge in [-0.25, -0.2) is 0 Å². The SMILES string of the molecule is CCCCCCCCC/C=C\CCCCCCCC(=O)OCCCCCCCCCCC/C=C\C/C=C\CCCCCCCCCCCCCCCCCCCC(=O)NC(CO)C(O)CCCCCCCCCCCCCCCC. The van der Waals surface area contributed by atoms with Crippen molar-refractivity contribution >= 4 is 11.9 Å². The summed E-state index contributed by atoms with van der Waals surface area (Å²) in [5.41, 5.74) is 0. The quantitative estimate of drug-likeness (QED) is 0.0320. The van der Waals surface area contributed by atoms with Gasteiger partial charge in [0.25, 0.3) is 0 Å². The van der Waals surface area contributed by atoms with Crippen molar-refractivity contribution in [3.05, 3.63) is 36.5 Å². The smallest absolute Gasteiger partial charge is 0.305 e. The van der Waals surface area contributed by atoms with Crippen LogP contribution in [0.4, 0.5) is 0 Å². The number of carbonyl (C=O) groups excluding carboxylic acids is 2. The summed E-state index contributed by atoms with van der Waals surface area (Å²) in [6.45, 7) is 4.97. The van der Waals surface area contributed by atoms with Gasteiger partial charge in [-0.2, -0.15) is 0 Å². The van der Waals surface area contributed by atoms with Crippen LogP contribution in [0, 0.1) is 0 Å². The Hall–Kier alpha value is -1.92. The van der Waals surface area contributed by atoms with E-state index in [2.05, 4.69) is 55.6 Å². The second kappa shape index (κ2) is 69.6. The predicted molar refractivity (Wildman–Crippen MR) is 352 cm³/mol. The molecule has 0 aliphatic rings. The summed E-state index contributed by atoms with van der Waals surface area (Å²) >= 11 is 0. The van der Waals surface area contributed by atoms with Crippen LogP contribution in [0.1, 0.15) is 399 Å². The number of carbonyl (C=O) groups is 2. The fourth-order valence-electron chi connectivity index (χ4n) is 11.4. The van der Waals surface area contributed by atoms with Gasteiger partial charge in [-0.3, -0.25) is 9.59 Å². The van der Waals surface area contributed by atoms with Gasteiger partial charge >= 0.3 is 5.97 Å². The van der Waals surface area contributed by atoms with Crippen LogP contribution in [0.15, 0.2) is 36.5 Å². The highest BCUT2D eigenvalue weighted by Gasteiger charge is 2.20. The molecule has 0 saturated carbocycles. The maximum atomic E-state index is 12.5. The molecule has 2 unspecified atom stereocenters. The van der Waals surface area contributed by atoms with Gasteiger partial charge < -0.3 is 20.3 Å². The number of hydrogen-bond acceptors (Lipinski definition) is 5. The molecular formula is C74H141NO5. The molecule has 0 bridgehead atoms. The lowest BCUT2D eigenvalue weighted by molar-refractivity contribution is -0.143. The zero-order valence-corrected chi connectivity index (χ0v) is 54.1. The Bertz CT molecular complexity index is 1300. The Kier molecular flexibility index (Phi) is 67.9. The Labute approximate surface area is 500 Å². The number of ether oxygens (including phenoxy) is 1. The minimum absolute atomic E-state index is 0.00722. The van der Waals surface area contributed by atoms with Gasteiger partial charge in [-0.15, -0.1) is 0 Å². The Morgan fingerprint density at radius 2 is 0.625 bits per heavy atom. The molecule has 0 saturated heterocycles. The fraction of sp³-hybridized carbons (Fsp3) is 0.892. The van der Waals surface area contributed by atoms with E-state index in [9.17, 15) is 19.8 Å². The molecule has 0 spiro atoms. The van der Waals surface area contributed by atoms with Crippen molar-refractivity contribution in [3.63, 3.8) is 0 Å². The molecule has 0 heterocycles. The van der Waals surface area contributed by atoms with Gasteiger partial charge in [0.1, 0.15) is 0 Å². The third kappa shape index (κ3) is 65.2. The molecule has 6 nitrogen and oxygen atoms in total. The molecule has 0 aromatic rings. The van der Waals surface area contributed by atoms with E-state index in [1.165, 1.54) is 315 Å². The van der Waals surface area contributed by atoms with Crippen molar-refractivity contribution in [1.82, 2.24) is 5.32 Å².